The van der Waals surface area contributed by atoms with Crippen molar-refractivity contribution in [2.75, 3.05) is 20.8 Å². The Hall–Kier alpha value is -1.26. The predicted octanol–water partition coefficient (Wildman–Crippen LogP) is 2.91. The van der Waals surface area contributed by atoms with Crippen molar-refractivity contribution in [3.63, 3.8) is 0 Å². The molecule has 0 spiro atoms. The topological polar surface area (TPSA) is 53.7 Å². The molecule has 0 radical (unpaired) electrons. The SMILES string of the molecule is CCC(C)(C)OCC(N)c1ccc(OC)c(OC)c1. The molecule has 1 rings (SSSR count). The molecule has 0 aliphatic rings. The van der Waals surface area contributed by atoms with Gasteiger partial charge in [0, 0.05) is 0 Å². The largest absolute Gasteiger partial charge is 0.493 e. The van der Waals surface area contributed by atoms with E-state index in [1.807, 2.05) is 18.2 Å². The van der Waals surface area contributed by atoms with E-state index in [9.17, 15) is 0 Å². The number of methoxy groups -OCH3 is 2. The lowest BCUT2D eigenvalue weighted by molar-refractivity contribution is -0.0267. The summed E-state index contributed by atoms with van der Waals surface area (Å²) >= 11 is 0. The molecule has 0 heterocycles. The highest BCUT2D eigenvalue weighted by Gasteiger charge is 2.18. The van der Waals surface area contributed by atoms with E-state index in [2.05, 4.69) is 20.8 Å². The molecule has 0 aromatic heterocycles. The standard InChI is InChI=1S/C15H25NO3/c1-6-15(2,3)19-10-12(16)11-7-8-13(17-4)14(9-11)18-5/h7-9,12H,6,10,16H2,1-5H3. The fourth-order valence-corrected chi connectivity index (χ4v) is 1.60. The molecule has 4 heteroatoms. The molecule has 0 amide bonds. The quantitative estimate of drug-likeness (QED) is 0.825. The van der Waals surface area contributed by atoms with Crippen molar-refractivity contribution >= 4 is 0 Å². The second kappa shape index (κ2) is 6.78. The maximum atomic E-state index is 6.15. The molecule has 1 atom stereocenters. The summed E-state index contributed by atoms with van der Waals surface area (Å²) in [4.78, 5) is 0. The van der Waals surface area contributed by atoms with Crippen molar-refractivity contribution in [2.24, 2.45) is 5.73 Å². The molecule has 108 valence electrons. The Kier molecular flexibility index (Phi) is 5.63. The molecular formula is C15H25NO3. The minimum absolute atomic E-state index is 0.145. The number of nitrogens with two attached hydrogens (primary N) is 1. The molecule has 0 saturated heterocycles. The summed E-state index contributed by atoms with van der Waals surface area (Å²) in [5, 5.41) is 0. The second-order valence-corrected chi connectivity index (χ2v) is 5.15. The van der Waals surface area contributed by atoms with Gasteiger partial charge in [0.25, 0.3) is 0 Å². The van der Waals surface area contributed by atoms with Crippen LogP contribution in [0.1, 0.15) is 38.8 Å². The zero-order valence-corrected chi connectivity index (χ0v) is 12.5. The van der Waals surface area contributed by atoms with E-state index < -0.39 is 0 Å². The molecule has 0 aliphatic heterocycles. The molecule has 4 nitrogen and oxygen atoms in total. The normalized spacial score (nSPS) is 13.2. The Morgan fingerprint density at radius 1 is 1.16 bits per heavy atom. The highest BCUT2D eigenvalue weighted by Crippen LogP contribution is 2.29. The van der Waals surface area contributed by atoms with Gasteiger partial charge in [-0.3, -0.25) is 0 Å². The minimum atomic E-state index is -0.175. The second-order valence-electron chi connectivity index (χ2n) is 5.15. The number of hydrogen-bond donors (Lipinski definition) is 1. The highest BCUT2D eigenvalue weighted by atomic mass is 16.5. The summed E-state index contributed by atoms with van der Waals surface area (Å²) in [5.74, 6) is 1.39. The number of rotatable bonds is 7. The number of hydrogen-bond acceptors (Lipinski definition) is 4. The van der Waals surface area contributed by atoms with E-state index in [0.29, 0.717) is 18.1 Å². The average Bonchev–Trinajstić information content (AvgIpc) is 2.44. The molecular weight excluding hydrogens is 242 g/mol. The van der Waals surface area contributed by atoms with Gasteiger partial charge in [-0.25, -0.2) is 0 Å². The maximum Gasteiger partial charge on any atom is 0.161 e. The lowest BCUT2D eigenvalue weighted by Gasteiger charge is -2.26. The van der Waals surface area contributed by atoms with Crippen molar-refractivity contribution in [3.8, 4) is 11.5 Å². The smallest absolute Gasteiger partial charge is 0.161 e. The molecule has 1 aromatic carbocycles. The third-order valence-corrected chi connectivity index (χ3v) is 3.34. The third kappa shape index (κ3) is 4.40. The van der Waals surface area contributed by atoms with Gasteiger partial charge in [0.15, 0.2) is 11.5 Å². The van der Waals surface area contributed by atoms with Crippen LogP contribution in [0.3, 0.4) is 0 Å². The van der Waals surface area contributed by atoms with Crippen LogP contribution < -0.4 is 15.2 Å². The van der Waals surface area contributed by atoms with Crippen LogP contribution in [0.15, 0.2) is 18.2 Å². The zero-order valence-electron chi connectivity index (χ0n) is 12.5. The van der Waals surface area contributed by atoms with Gasteiger partial charge < -0.3 is 19.9 Å². The van der Waals surface area contributed by atoms with Crippen molar-refractivity contribution in [1.82, 2.24) is 0 Å². The fourth-order valence-electron chi connectivity index (χ4n) is 1.60. The van der Waals surface area contributed by atoms with Crippen LogP contribution in [0.4, 0.5) is 0 Å². The van der Waals surface area contributed by atoms with Crippen LogP contribution in [0.5, 0.6) is 11.5 Å². The van der Waals surface area contributed by atoms with Gasteiger partial charge in [0.1, 0.15) is 0 Å². The first-order chi connectivity index (χ1) is 8.93. The van der Waals surface area contributed by atoms with Gasteiger partial charge in [-0.05, 0) is 38.0 Å². The molecule has 0 aliphatic carbocycles. The molecule has 1 unspecified atom stereocenters. The van der Waals surface area contributed by atoms with Gasteiger partial charge in [-0.1, -0.05) is 13.0 Å². The minimum Gasteiger partial charge on any atom is -0.493 e. The first kappa shape index (κ1) is 15.8. The Bertz CT molecular complexity index is 404. The van der Waals surface area contributed by atoms with E-state index in [1.165, 1.54) is 0 Å². The lowest BCUT2D eigenvalue weighted by Crippen LogP contribution is -2.28. The van der Waals surface area contributed by atoms with Gasteiger partial charge in [-0.2, -0.15) is 0 Å². The summed E-state index contributed by atoms with van der Waals surface area (Å²) in [7, 11) is 3.23. The number of ether oxygens (including phenoxy) is 3. The van der Waals surface area contributed by atoms with Crippen LogP contribution >= 0.6 is 0 Å². The monoisotopic (exact) mass is 267 g/mol. The van der Waals surface area contributed by atoms with Crippen molar-refractivity contribution < 1.29 is 14.2 Å². The molecule has 1 aromatic rings. The Morgan fingerprint density at radius 3 is 2.32 bits per heavy atom. The fraction of sp³-hybridized carbons (Fsp3) is 0.600. The summed E-state index contributed by atoms with van der Waals surface area (Å²) < 4.78 is 16.3. The van der Waals surface area contributed by atoms with Crippen molar-refractivity contribution in [3.05, 3.63) is 23.8 Å². The zero-order chi connectivity index (χ0) is 14.5. The van der Waals surface area contributed by atoms with Crippen LogP contribution in [0.2, 0.25) is 0 Å². The first-order valence-corrected chi connectivity index (χ1v) is 6.55. The van der Waals surface area contributed by atoms with E-state index in [0.717, 1.165) is 12.0 Å². The van der Waals surface area contributed by atoms with Crippen LogP contribution in [-0.2, 0) is 4.74 Å². The Labute approximate surface area is 115 Å². The summed E-state index contributed by atoms with van der Waals surface area (Å²) in [6, 6.07) is 5.52. The Balaban J connectivity index is 2.74. The first-order valence-electron chi connectivity index (χ1n) is 6.55. The molecule has 0 saturated carbocycles. The van der Waals surface area contributed by atoms with Gasteiger partial charge in [-0.15, -0.1) is 0 Å². The predicted molar refractivity (Wildman–Crippen MR) is 76.8 cm³/mol. The van der Waals surface area contributed by atoms with Gasteiger partial charge in [0.2, 0.25) is 0 Å². The highest BCUT2D eigenvalue weighted by molar-refractivity contribution is 5.43. The summed E-state index contributed by atoms with van der Waals surface area (Å²) in [6.45, 7) is 6.71. The van der Waals surface area contributed by atoms with Crippen LogP contribution in [0.25, 0.3) is 0 Å². The van der Waals surface area contributed by atoms with Crippen LogP contribution in [0, 0.1) is 0 Å². The summed E-state index contributed by atoms with van der Waals surface area (Å²) in [6.07, 6.45) is 0.950. The van der Waals surface area contributed by atoms with Gasteiger partial charge in [0.05, 0.1) is 32.5 Å². The molecule has 2 N–H and O–H groups in total. The van der Waals surface area contributed by atoms with E-state index in [-0.39, 0.29) is 11.6 Å². The maximum absolute atomic E-state index is 6.15. The van der Waals surface area contributed by atoms with Crippen LogP contribution in [-0.4, -0.2) is 26.4 Å². The Morgan fingerprint density at radius 2 is 1.79 bits per heavy atom. The lowest BCUT2D eigenvalue weighted by atomic mass is 10.1. The third-order valence-electron chi connectivity index (χ3n) is 3.34. The average molecular weight is 267 g/mol. The molecule has 0 bridgehead atoms. The van der Waals surface area contributed by atoms with E-state index in [4.69, 9.17) is 19.9 Å². The summed E-state index contributed by atoms with van der Waals surface area (Å²) in [5.41, 5.74) is 6.98. The van der Waals surface area contributed by atoms with Crippen molar-refractivity contribution in [1.29, 1.82) is 0 Å². The number of benzene rings is 1. The molecule has 19 heavy (non-hydrogen) atoms. The molecule has 0 fully saturated rings. The van der Waals surface area contributed by atoms with E-state index in [1.54, 1.807) is 14.2 Å². The van der Waals surface area contributed by atoms with E-state index >= 15 is 0 Å². The van der Waals surface area contributed by atoms with Crippen molar-refractivity contribution in [2.45, 2.75) is 38.8 Å². The van der Waals surface area contributed by atoms with Gasteiger partial charge >= 0.3 is 0 Å².